The van der Waals surface area contributed by atoms with Gasteiger partial charge in [0.25, 0.3) is 0 Å². The lowest BCUT2D eigenvalue weighted by atomic mass is 10.1. The molecule has 1 heterocycles. The molecule has 1 aromatic heterocycles. The number of fused-ring (bicyclic) bond motifs is 1. The van der Waals surface area contributed by atoms with Gasteiger partial charge >= 0.3 is 19.9 Å². The highest BCUT2D eigenvalue weighted by molar-refractivity contribution is 7.48. The lowest BCUT2D eigenvalue weighted by Crippen LogP contribution is -2.46. The molecule has 2 N–H and O–H groups in total. The summed E-state index contributed by atoms with van der Waals surface area (Å²) in [7, 11) is 0.144. The molecule has 0 aliphatic rings. The molecule has 2 aromatic carbocycles. The first-order chi connectivity index (χ1) is 19.2. The molecule has 14 heteroatoms. The van der Waals surface area contributed by atoms with Crippen molar-refractivity contribution in [3.63, 3.8) is 0 Å². The van der Waals surface area contributed by atoms with E-state index in [-0.39, 0.29) is 44.0 Å². The number of aromatic nitrogens is 1. The molecule has 3 amide bonds. The highest BCUT2D eigenvalue weighted by Crippen LogP contribution is 2.47. The second-order valence-electron chi connectivity index (χ2n) is 8.56. The molecule has 3 aromatic rings. The third-order valence-electron chi connectivity index (χ3n) is 5.98. The van der Waals surface area contributed by atoms with Crippen molar-refractivity contribution in [2.24, 2.45) is 0 Å². The first-order valence-corrected chi connectivity index (χ1v) is 13.7. The summed E-state index contributed by atoms with van der Waals surface area (Å²) in [6.45, 7) is -0.515. The molecule has 11 nitrogen and oxygen atoms in total. The highest BCUT2D eigenvalue weighted by Gasteiger charge is 2.25. The minimum atomic E-state index is -3.69. The van der Waals surface area contributed by atoms with Crippen molar-refractivity contribution in [3.05, 3.63) is 71.9 Å². The van der Waals surface area contributed by atoms with Gasteiger partial charge < -0.3 is 15.0 Å². The van der Waals surface area contributed by atoms with Gasteiger partial charge in [0.2, 0.25) is 0 Å². The molecule has 0 unspecified atom stereocenters. The van der Waals surface area contributed by atoms with E-state index in [9.17, 15) is 22.9 Å². The number of anilines is 1. The summed E-state index contributed by atoms with van der Waals surface area (Å²) in [6.07, 6.45) is 1.37. The van der Waals surface area contributed by atoms with Crippen LogP contribution in [0, 0.1) is 11.6 Å². The fraction of sp³-hybridized carbons (Fsp3) is 0.346. The first-order valence-electron chi connectivity index (χ1n) is 12.2. The van der Waals surface area contributed by atoms with E-state index in [1.807, 2.05) is 24.3 Å². The van der Waals surface area contributed by atoms with Gasteiger partial charge in [-0.2, -0.15) is 0 Å². The number of hydrogen-bond acceptors (Lipinski definition) is 8. The number of hydrogen-bond donors (Lipinski definition) is 2. The summed E-state index contributed by atoms with van der Waals surface area (Å²) in [4.78, 5) is 30.8. The Balaban J connectivity index is 1.61. The molecular weight excluding hydrogens is 549 g/mol. The summed E-state index contributed by atoms with van der Waals surface area (Å²) < 4.78 is 59.6. The molecule has 1 atom stereocenters. The van der Waals surface area contributed by atoms with E-state index in [0.717, 1.165) is 16.8 Å². The van der Waals surface area contributed by atoms with Crippen LogP contribution in [0.5, 0.6) is 0 Å². The van der Waals surface area contributed by atoms with Crippen LogP contribution < -0.4 is 10.6 Å². The number of ether oxygens (including phenoxy) is 1. The molecule has 0 bridgehead atoms. The van der Waals surface area contributed by atoms with Crippen LogP contribution in [0.3, 0.4) is 0 Å². The van der Waals surface area contributed by atoms with Gasteiger partial charge in [0.05, 0.1) is 12.6 Å². The average Bonchev–Trinajstić information content (AvgIpc) is 2.96. The number of nitrogens with zero attached hydrogens (tertiary/aromatic N) is 2. The Labute approximate surface area is 230 Å². The number of likely N-dealkylation sites (N-methyl/N-ethyl adjacent to an activating group) is 1. The topological polar surface area (TPSA) is 128 Å². The summed E-state index contributed by atoms with van der Waals surface area (Å²) >= 11 is 0. The van der Waals surface area contributed by atoms with Crippen molar-refractivity contribution in [2.75, 3.05) is 39.8 Å². The number of amides is 3. The van der Waals surface area contributed by atoms with Crippen LogP contribution in [-0.4, -0.2) is 62.5 Å². The molecule has 0 aliphatic heterocycles. The lowest BCUT2D eigenvalue weighted by Gasteiger charge is -2.28. The Morgan fingerprint density at radius 2 is 1.80 bits per heavy atom. The van der Waals surface area contributed by atoms with Gasteiger partial charge in [0.1, 0.15) is 12.4 Å². The maximum absolute atomic E-state index is 14.0. The molecule has 0 fully saturated rings. The maximum atomic E-state index is 14.0. The highest BCUT2D eigenvalue weighted by atomic mass is 31.2. The summed E-state index contributed by atoms with van der Waals surface area (Å²) in [5.41, 5.74) is -0.0277. The molecule has 0 aliphatic carbocycles. The predicted octanol–water partition coefficient (Wildman–Crippen LogP) is 5.47. The molecular formula is C26H31F2N4O7P. The zero-order valence-corrected chi connectivity index (χ0v) is 23.2. The largest absolute Gasteiger partial charge is 0.474 e. The lowest BCUT2D eigenvalue weighted by molar-refractivity contribution is 0.107. The van der Waals surface area contributed by atoms with Crippen LogP contribution in [0.2, 0.25) is 0 Å². The van der Waals surface area contributed by atoms with Crippen LogP contribution in [0.15, 0.2) is 54.7 Å². The van der Waals surface area contributed by atoms with Gasteiger partial charge in [-0.05, 0) is 30.4 Å². The smallest absolute Gasteiger partial charge is 0.447 e. The number of carbonyl (C=O) groups is 2. The van der Waals surface area contributed by atoms with E-state index in [4.69, 9.17) is 18.3 Å². The number of halogens is 2. The maximum Gasteiger partial charge on any atom is 0.474 e. The Morgan fingerprint density at radius 1 is 1.07 bits per heavy atom. The van der Waals surface area contributed by atoms with Crippen molar-refractivity contribution in [3.8, 4) is 0 Å². The summed E-state index contributed by atoms with van der Waals surface area (Å²) in [6, 6.07) is 11.6. The van der Waals surface area contributed by atoms with Crippen molar-refractivity contribution in [1.82, 2.24) is 15.2 Å². The van der Waals surface area contributed by atoms with Crippen molar-refractivity contribution in [1.29, 1.82) is 0 Å². The Bertz CT molecular complexity index is 1360. The third-order valence-corrected chi connectivity index (χ3v) is 7.37. The van der Waals surface area contributed by atoms with Crippen LogP contribution in [0.1, 0.15) is 18.4 Å². The SMILES string of the molecule is COP(=O)(OC)OCCC[C@@H](COC(=O)Nc1cc2ccccc2cn1)N(C)C(=O)NCc1cccc(F)c1F. The average molecular weight is 581 g/mol. The van der Waals surface area contributed by atoms with Crippen molar-refractivity contribution in [2.45, 2.75) is 25.4 Å². The number of phosphoric ester groups is 1. The zero-order valence-electron chi connectivity index (χ0n) is 22.3. The van der Waals surface area contributed by atoms with E-state index in [2.05, 4.69) is 15.6 Å². The Morgan fingerprint density at radius 3 is 2.52 bits per heavy atom. The van der Waals surface area contributed by atoms with Gasteiger partial charge in [-0.25, -0.2) is 27.9 Å². The van der Waals surface area contributed by atoms with E-state index in [1.165, 1.54) is 38.3 Å². The number of carbonyl (C=O) groups excluding carboxylic acids is 2. The van der Waals surface area contributed by atoms with Gasteiger partial charge in [-0.15, -0.1) is 0 Å². The van der Waals surface area contributed by atoms with E-state index < -0.39 is 37.6 Å². The molecule has 3 rings (SSSR count). The van der Waals surface area contributed by atoms with Crippen LogP contribution >= 0.6 is 7.82 Å². The number of rotatable bonds is 13. The minimum Gasteiger partial charge on any atom is -0.447 e. The predicted molar refractivity (Wildman–Crippen MR) is 144 cm³/mol. The van der Waals surface area contributed by atoms with Crippen LogP contribution in [0.4, 0.5) is 24.2 Å². The summed E-state index contributed by atoms with van der Waals surface area (Å²) in [5, 5.41) is 6.86. The van der Waals surface area contributed by atoms with Gasteiger partial charge in [-0.1, -0.05) is 36.4 Å². The van der Waals surface area contributed by atoms with Crippen molar-refractivity contribution < 1.29 is 41.2 Å². The number of nitrogens with one attached hydrogen (secondary N) is 2. The quantitative estimate of drug-likeness (QED) is 0.201. The number of pyridine rings is 1. The van der Waals surface area contributed by atoms with E-state index in [1.54, 1.807) is 12.3 Å². The third kappa shape index (κ3) is 8.68. The molecule has 40 heavy (non-hydrogen) atoms. The van der Waals surface area contributed by atoms with E-state index in [0.29, 0.717) is 0 Å². The van der Waals surface area contributed by atoms with E-state index >= 15 is 0 Å². The molecule has 0 saturated heterocycles. The minimum absolute atomic E-state index is 0.0277. The molecule has 0 spiro atoms. The van der Waals surface area contributed by atoms with Gasteiger partial charge in [-0.3, -0.25) is 18.9 Å². The normalized spacial score (nSPS) is 12.1. The van der Waals surface area contributed by atoms with Gasteiger partial charge in [0.15, 0.2) is 11.6 Å². The van der Waals surface area contributed by atoms with Gasteiger partial charge in [0, 0.05) is 45.0 Å². The molecule has 0 saturated carbocycles. The monoisotopic (exact) mass is 580 g/mol. The fourth-order valence-electron chi connectivity index (χ4n) is 3.67. The van der Waals surface area contributed by atoms with Crippen molar-refractivity contribution >= 4 is 36.5 Å². The summed E-state index contributed by atoms with van der Waals surface area (Å²) in [5.74, 6) is -1.79. The fourth-order valence-corrected chi connectivity index (χ4v) is 4.39. The molecule has 0 radical (unpaired) electrons. The number of urea groups is 1. The first kappa shape index (κ1) is 30.9. The zero-order chi connectivity index (χ0) is 29.1. The Hall–Kier alpha value is -3.64. The molecule has 216 valence electrons. The second kappa shape index (κ2) is 14.7. The Kier molecular flexibility index (Phi) is 11.3. The number of phosphoric acid groups is 1. The number of benzene rings is 2. The second-order valence-corrected chi connectivity index (χ2v) is 10.4. The van der Waals surface area contributed by atoms with Crippen LogP contribution in [0.25, 0.3) is 10.8 Å². The van der Waals surface area contributed by atoms with Crippen LogP contribution in [-0.2, 0) is 29.4 Å². The standard InChI is InChI=1S/C26H31F2N4O7P/c1-32(25(33)30-16-20-10-6-12-22(27)24(20)28)21(11-7-13-39-40(35,36-2)37-3)17-38-26(34)31-23-14-18-8-4-5-9-19(18)15-29-23/h4-6,8-10,12,14-15,21H,7,11,13,16-17H2,1-3H3,(H,30,33)(H,29,31,34)/t21-/m0/s1.